The first kappa shape index (κ1) is 23.1. The molecule has 36 heavy (non-hydrogen) atoms. The van der Waals surface area contributed by atoms with Crippen molar-refractivity contribution in [2.45, 2.75) is 50.4 Å². The Morgan fingerprint density at radius 2 is 1.78 bits per heavy atom. The Morgan fingerprint density at radius 3 is 2.44 bits per heavy atom. The molecule has 0 amide bonds. The highest BCUT2D eigenvalue weighted by molar-refractivity contribution is 5.37. The van der Waals surface area contributed by atoms with Crippen LogP contribution in [0.3, 0.4) is 0 Å². The first-order chi connectivity index (χ1) is 17.1. The molecule has 1 N–H and O–H groups in total. The predicted octanol–water partition coefficient (Wildman–Crippen LogP) is 4.35. The molecule has 3 fully saturated rings. The molecule has 2 saturated heterocycles. The number of nitrogens with zero attached hydrogens (tertiary/aromatic N) is 6. The standard InChI is InChI=1S/C22H21F6N7O/c1-9-31-32-21(36-9)34-7-10-6-11(8-34)18(10)29-20-30-19-13(12-2-4-14(23)17(25)16(12)24)3-5-15(22(26,27)28)35(19)33-20/h2,4,10-11,13,15,18H,3,5-8H2,1H3,(H,29,33)/t10-,11+,13?,15?,18-. The molecule has 1 aromatic carbocycles. The molecule has 2 aromatic heterocycles. The topological polar surface area (TPSA) is 84.9 Å². The molecule has 0 spiro atoms. The number of fused-ring (bicyclic) bond motifs is 3. The summed E-state index contributed by atoms with van der Waals surface area (Å²) in [5, 5.41) is 15.1. The molecule has 2 unspecified atom stereocenters. The number of aryl methyl sites for hydroxylation is 1. The summed E-state index contributed by atoms with van der Waals surface area (Å²) in [6, 6.07) is 0.216. The van der Waals surface area contributed by atoms with E-state index in [2.05, 4.69) is 25.6 Å². The quantitative estimate of drug-likeness (QED) is 0.410. The molecule has 3 aliphatic heterocycles. The van der Waals surface area contributed by atoms with Crippen LogP contribution in [-0.2, 0) is 0 Å². The van der Waals surface area contributed by atoms with Gasteiger partial charge in [-0.05, 0) is 37.2 Å². The van der Waals surface area contributed by atoms with E-state index in [4.69, 9.17) is 4.42 Å². The van der Waals surface area contributed by atoms with Crippen molar-refractivity contribution in [3.8, 4) is 0 Å². The van der Waals surface area contributed by atoms with Crippen LogP contribution in [0.2, 0.25) is 0 Å². The molecule has 7 rings (SSSR count). The van der Waals surface area contributed by atoms with Crippen LogP contribution in [0.15, 0.2) is 16.5 Å². The summed E-state index contributed by atoms with van der Waals surface area (Å²) in [6.07, 6.45) is -4.22. The molecule has 2 bridgehead atoms. The number of nitrogens with one attached hydrogen (secondary N) is 1. The maximum absolute atomic E-state index is 14.6. The van der Waals surface area contributed by atoms with E-state index in [0.717, 1.165) is 23.2 Å². The summed E-state index contributed by atoms with van der Waals surface area (Å²) >= 11 is 0. The second-order valence-corrected chi connectivity index (χ2v) is 9.62. The van der Waals surface area contributed by atoms with E-state index in [1.807, 2.05) is 4.90 Å². The van der Waals surface area contributed by atoms with Gasteiger partial charge < -0.3 is 14.6 Å². The number of alkyl halides is 3. The van der Waals surface area contributed by atoms with Gasteiger partial charge in [-0.2, -0.15) is 18.2 Å². The van der Waals surface area contributed by atoms with Crippen molar-refractivity contribution in [3.05, 3.63) is 46.9 Å². The van der Waals surface area contributed by atoms with Gasteiger partial charge in [0.2, 0.25) is 11.8 Å². The summed E-state index contributed by atoms with van der Waals surface area (Å²) in [7, 11) is 0. The zero-order valence-corrected chi connectivity index (χ0v) is 18.9. The number of piperidine rings is 2. The average molecular weight is 513 g/mol. The molecule has 192 valence electrons. The largest absolute Gasteiger partial charge is 0.410 e. The lowest BCUT2D eigenvalue weighted by molar-refractivity contribution is -0.175. The number of anilines is 2. The van der Waals surface area contributed by atoms with Crippen LogP contribution in [0, 0.1) is 36.2 Å². The molecule has 5 atom stereocenters. The van der Waals surface area contributed by atoms with Gasteiger partial charge in [-0.3, -0.25) is 0 Å². The second kappa shape index (κ2) is 8.10. The van der Waals surface area contributed by atoms with Crippen molar-refractivity contribution in [1.82, 2.24) is 25.0 Å². The number of hydrogen-bond donors (Lipinski definition) is 1. The van der Waals surface area contributed by atoms with E-state index in [0.29, 0.717) is 25.0 Å². The minimum absolute atomic E-state index is 0.00377. The summed E-state index contributed by atoms with van der Waals surface area (Å²) in [5.74, 6) is -4.83. The first-order valence-electron chi connectivity index (χ1n) is 11.6. The molecule has 5 heterocycles. The van der Waals surface area contributed by atoms with E-state index in [1.54, 1.807) is 6.92 Å². The Hall–Kier alpha value is -3.32. The Balaban J connectivity index is 1.27. The first-order valence-corrected chi connectivity index (χ1v) is 11.6. The maximum Gasteiger partial charge on any atom is 0.410 e. The van der Waals surface area contributed by atoms with Gasteiger partial charge in [-0.15, -0.1) is 10.2 Å². The SMILES string of the molecule is Cc1nnc(N2C[C@H]3C[C@@H](C2)[C@@H]3Nc2nc3n(n2)C(C(F)(F)F)CCC3c2ccc(F)c(F)c2F)o1. The summed E-state index contributed by atoms with van der Waals surface area (Å²) < 4.78 is 89.5. The Morgan fingerprint density at radius 1 is 1.03 bits per heavy atom. The Labute approximate surface area is 200 Å². The van der Waals surface area contributed by atoms with Gasteiger partial charge in [-0.1, -0.05) is 11.2 Å². The second-order valence-electron chi connectivity index (χ2n) is 9.62. The summed E-state index contributed by atoms with van der Waals surface area (Å²) in [6.45, 7) is 2.94. The molecule has 0 radical (unpaired) electrons. The molecule has 14 heteroatoms. The van der Waals surface area contributed by atoms with E-state index >= 15 is 0 Å². The highest BCUT2D eigenvalue weighted by atomic mass is 19.4. The van der Waals surface area contributed by atoms with E-state index in [1.165, 1.54) is 0 Å². The lowest BCUT2D eigenvalue weighted by Gasteiger charge is -2.53. The number of rotatable bonds is 4. The number of hydrogen-bond acceptors (Lipinski definition) is 7. The van der Waals surface area contributed by atoms with Crippen LogP contribution in [0.1, 0.15) is 48.5 Å². The average Bonchev–Trinajstić information content (AvgIpc) is 3.46. The minimum atomic E-state index is -4.60. The van der Waals surface area contributed by atoms with Crippen LogP contribution in [0.25, 0.3) is 0 Å². The molecular weight excluding hydrogens is 492 g/mol. The van der Waals surface area contributed by atoms with Gasteiger partial charge in [0.25, 0.3) is 0 Å². The molecular formula is C22H21F6N7O. The minimum Gasteiger partial charge on any atom is -0.408 e. The van der Waals surface area contributed by atoms with Gasteiger partial charge in [-0.25, -0.2) is 17.9 Å². The smallest absolute Gasteiger partial charge is 0.408 e. The zero-order chi connectivity index (χ0) is 25.4. The van der Waals surface area contributed by atoms with Crippen molar-refractivity contribution in [1.29, 1.82) is 0 Å². The van der Waals surface area contributed by atoms with Gasteiger partial charge >= 0.3 is 12.2 Å². The molecule has 3 aromatic rings. The third-order valence-corrected chi connectivity index (χ3v) is 7.42. The number of halogens is 6. The van der Waals surface area contributed by atoms with Crippen molar-refractivity contribution < 1.29 is 30.8 Å². The van der Waals surface area contributed by atoms with Crippen LogP contribution >= 0.6 is 0 Å². The van der Waals surface area contributed by atoms with Crippen LogP contribution < -0.4 is 10.2 Å². The normalized spacial score (nSPS) is 27.5. The predicted molar refractivity (Wildman–Crippen MR) is 113 cm³/mol. The maximum atomic E-state index is 14.6. The van der Waals surface area contributed by atoms with Gasteiger partial charge in [0.1, 0.15) is 11.9 Å². The Bertz CT molecular complexity index is 1290. The van der Waals surface area contributed by atoms with Crippen LogP contribution in [0.4, 0.5) is 38.3 Å². The molecule has 8 nitrogen and oxygen atoms in total. The molecule has 1 saturated carbocycles. The van der Waals surface area contributed by atoms with Gasteiger partial charge in [0.15, 0.2) is 17.5 Å². The van der Waals surface area contributed by atoms with Crippen LogP contribution in [-0.4, -0.2) is 50.3 Å². The number of aromatic nitrogens is 5. The van der Waals surface area contributed by atoms with Crippen LogP contribution in [0.5, 0.6) is 0 Å². The lowest BCUT2D eigenvalue weighted by atomic mass is 9.66. The van der Waals surface area contributed by atoms with E-state index < -0.39 is 42.0 Å². The van der Waals surface area contributed by atoms with Crippen molar-refractivity contribution >= 4 is 12.0 Å². The fraction of sp³-hybridized carbons (Fsp3) is 0.545. The van der Waals surface area contributed by atoms with E-state index in [-0.39, 0.29) is 41.6 Å². The number of benzene rings is 1. The monoisotopic (exact) mass is 513 g/mol. The third-order valence-electron chi connectivity index (χ3n) is 7.42. The van der Waals surface area contributed by atoms with Gasteiger partial charge in [0, 0.05) is 37.5 Å². The highest BCUT2D eigenvalue weighted by Crippen LogP contribution is 2.46. The molecule has 4 aliphatic rings. The summed E-state index contributed by atoms with van der Waals surface area (Å²) in [4.78, 5) is 6.27. The van der Waals surface area contributed by atoms with Crippen molar-refractivity contribution in [2.75, 3.05) is 23.3 Å². The van der Waals surface area contributed by atoms with Crippen molar-refractivity contribution in [2.24, 2.45) is 11.8 Å². The Kier molecular flexibility index (Phi) is 5.20. The molecule has 1 aliphatic carbocycles. The fourth-order valence-corrected chi connectivity index (χ4v) is 5.69. The third kappa shape index (κ3) is 3.68. The van der Waals surface area contributed by atoms with E-state index in [9.17, 15) is 26.3 Å². The van der Waals surface area contributed by atoms with Crippen molar-refractivity contribution in [3.63, 3.8) is 0 Å². The summed E-state index contributed by atoms with van der Waals surface area (Å²) in [5.41, 5.74) is -0.249. The lowest BCUT2D eigenvalue weighted by Crippen LogP contribution is -2.61. The fourth-order valence-electron chi connectivity index (χ4n) is 5.69. The zero-order valence-electron chi connectivity index (χ0n) is 18.9. The van der Waals surface area contributed by atoms with Gasteiger partial charge in [0.05, 0.1) is 0 Å². The highest BCUT2D eigenvalue weighted by Gasteiger charge is 2.50.